The van der Waals surface area contributed by atoms with Crippen molar-refractivity contribution in [2.24, 2.45) is 0 Å². The van der Waals surface area contributed by atoms with E-state index < -0.39 is 28.5 Å². The summed E-state index contributed by atoms with van der Waals surface area (Å²) in [5.74, 6) is -0.979. The Hall–Kier alpha value is -2.00. The van der Waals surface area contributed by atoms with Gasteiger partial charge >= 0.3 is 0 Å². The normalized spacial score (nSPS) is 13.1. The van der Waals surface area contributed by atoms with Gasteiger partial charge in [-0.15, -0.1) is 0 Å². The molecular formula is C23H28Cl3N3O4S. The summed E-state index contributed by atoms with van der Waals surface area (Å²) < 4.78 is 26.0. The molecule has 186 valence electrons. The molecule has 0 fully saturated rings. The number of rotatable bonds is 10. The molecule has 2 aromatic carbocycles. The van der Waals surface area contributed by atoms with Crippen molar-refractivity contribution in [1.29, 1.82) is 0 Å². The number of amides is 2. The van der Waals surface area contributed by atoms with Gasteiger partial charge in [0.15, 0.2) is 0 Å². The monoisotopic (exact) mass is 547 g/mol. The van der Waals surface area contributed by atoms with Gasteiger partial charge in [0.25, 0.3) is 0 Å². The highest BCUT2D eigenvalue weighted by atomic mass is 35.5. The van der Waals surface area contributed by atoms with Crippen LogP contribution >= 0.6 is 34.8 Å². The van der Waals surface area contributed by atoms with E-state index >= 15 is 0 Å². The summed E-state index contributed by atoms with van der Waals surface area (Å²) in [7, 11) is -3.85. The van der Waals surface area contributed by atoms with Gasteiger partial charge in [-0.3, -0.25) is 13.9 Å². The quantitative estimate of drug-likeness (QED) is 0.464. The van der Waals surface area contributed by atoms with Crippen molar-refractivity contribution < 1.29 is 18.0 Å². The number of benzene rings is 2. The third-order valence-corrected chi connectivity index (χ3v) is 7.42. The minimum atomic E-state index is -3.85. The molecule has 0 heterocycles. The van der Waals surface area contributed by atoms with E-state index in [1.54, 1.807) is 37.3 Å². The van der Waals surface area contributed by atoms with E-state index in [9.17, 15) is 18.0 Å². The first-order chi connectivity index (χ1) is 15.8. The van der Waals surface area contributed by atoms with Crippen molar-refractivity contribution in [2.75, 3.05) is 17.1 Å². The zero-order valence-electron chi connectivity index (χ0n) is 19.4. The van der Waals surface area contributed by atoms with Gasteiger partial charge in [0, 0.05) is 33.2 Å². The maximum Gasteiger partial charge on any atom is 0.244 e. The molecule has 0 aliphatic rings. The number of sulfonamides is 1. The highest BCUT2D eigenvalue weighted by molar-refractivity contribution is 7.92. The first-order valence-corrected chi connectivity index (χ1v) is 13.6. The molecule has 0 bridgehead atoms. The molecule has 0 unspecified atom stereocenters. The van der Waals surface area contributed by atoms with Crippen LogP contribution in [0, 0.1) is 0 Å². The lowest BCUT2D eigenvalue weighted by atomic mass is 10.1. The molecule has 0 radical (unpaired) electrons. The second-order valence-electron chi connectivity index (χ2n) is 7.97. The number of carbonyl (C=O) groups is 2. The lowest BCUT2D eigenvalue weighted by molar-refractivity contribution is -0.139. The molecule has 0 aliphatic carbocycles. The van der Waals surface area contributed by atoms with E-state index in [0.29, 0.717) is 27.1 Å². The average Bonchev–Trinajstić information content (AvgIpc) is 2.75. The van der Waals surface area contributed by atoms with Crippen LogP contribution in [0.4, 0.5) is 5.69 Å². The molecule has 7 nitrogen and oxygen atoms in total. The maximum absolute atomic E-state index is 13.5. The van der Waals surface area contributed by atoms with Gasteiger partial charge in [-0.05, 0) is 50.6 Å². The third kappa shape index (κ3) is 7.50. The maximum atomic E-state index is 13.5. The van der Waals surface area contributed by atoms with Crippen molar-refractivity contribution in [1.82, 2.24) is 10.2 Å². The Kier molecular flexibility index (Phi) is 10.1. The number of hydrogen-bond acceptors (Lipinski definition) is 4. The fourth-order valence-corrected chi connectivity index (χ4v) is 4.69. The van der Waals surface area contributed by atoms with Crippen LogP contribution in [-0.4, -0.2) is 50.0 Å². The summed E-state index contributed by atoms with van der Waals surface area (Å²) in [6.45, 7) is 4.73. The van der Waals surface area contributed by atoms with Crippen molar-refractivity contribution in [3.05, 3.63) is 63.1 Å². The van der Waals surface area contributed by atoms with Crippen molar-refractivity contribution in [2.45, 2.75) is 45.8 Å². The van der Waals surface area contributed by atoms with E-state index in [2.05, 4.69) is 5.32 Å². The molecular weight excluding hydrogens is 521 g/mol. The summed E-state index contributed by atoms with van der Waals surface area (Å²) >= 11 is 18.7. The fraction of sp³-hybridized carbons (Fsp3) is 0.391. The molecule has 2 rings (SSSR count). The Morgan fingerprint density at radius 2 is 1.62 bits per heavy atom. The second kappa shape index (κ2) is 12.1. The fourth-order valence-electron chi connectivity index (χ4n) is 3.15. The number of nitrogens with one attached hydrogen (secondary N) is 1. The summed E-state index contributed by atoms with van der Waals surface area (Å²) in [5, 5.41) is 3.83. The topological polar surface area (TPSA) is 86.8 Å². The summed E-state index contributed by atoms with van der Waals surface area (Å²) in [6, 6.07) is 10.1. The lowest BCUT2D eigenvalue weighted by Crippen LogP contribution is -2.52. The molecule has 34 heavy (non-hydrogen) atoms. The van der Waals surface area contributed by atoms with Crippen LogP contribution in [-0.2, 0) is 26.2 Å². The highest BCUT2D eigenvalue weighted by Crippen LogP contribution is 2.27. The van der Waals surface area contributed by atoms with E-state index in [4.69, 9.17) is 34.8 Å². The molecule has 0 saturated heterocycles. The molecule has 0 aliphatic heterocycles. The number of anilines is 1. The molecule has 11 heteroatoms. The average molecular weight is 549 g/mol. The van der Waals surface area contributed by atoms with Crippen molar-refractivity contribution in [3.8, 4) is 0 Å². The summed E-state index contributed by atoms with van der Waals surface area (Å²) in [6.07, 6.45) is 1.70. The summed E-state index contributed by atoms with van der Waals surface area (Å²) in [4.78, 5) is 27.7. The Morgan fingerprint density at radius 3 is 2.15 bits per heavy atom. The van der Waals surface area contributed by atoms with E-state index in [1.165, 1.54) is 17.0 Å². The zero-order valence-corrected chi connectivity index (χ0v) is 22.5. The van der Waals surface area contributed by atoms with Crippen LogP contribution in [0.25, 0.3) is 0 Å². The first-order valence-electron chi connectivity index (χ1n) is 10.6. The van der Waals surface area contributed by atoms with Crippen LogP contribution in [0.2, 0.25) is 15.1 Å². The van der Waals surface area contributed by atoms with Gasteiger partial charge in [-0.2, -0.15) is 0 Å². The van der Waals surface area contributed by atoms with Gasteiger partial charge < -0.3 is 10.2 Å². The smallest absolute Gasteiger partial charge is 0.244 e. The Morgan fingerprint density at radius 1 is 1.03 bits per heavy atom. The number of hydrogen-bond donors (Lipinski definition) is 1. The molecule has 2 amide bonds. The SMILES string of the molecule is CC[C@H](C)NC(=O)[C@@H](C)N(Cc1c(Cl)cccc1Cl)C(=O)CN(c1cccc(Cl)c1)S(C)(=O)=O. The van der Waals surface area contributed by atoms with Crippen LogP contribution < -0.4 is 9.62 Å². The van der Waals surface area contributed by atoms with Crippen LogP contribution in [0.3, 0.4) is 0 Å². The second-order valence-corrected chi connectivity index (χ2v) is 11.1. The number of nitrogens with zero attached hydrogens (tertiary/aromatic N) is 2. The minimum absolute atomic E-state index is 0.0837. The van der Waals surface area contributed by atoms with E-state index in [-0.39, 0.29) is 24.2 Å². The minimum Gasteiger partial charge on any atom is -0.352 e. The standard InChI is InChI=1S/C23H28Cl3N3O4S/c1-5-15(2)27-23(31)16(3)28(13-19-20(25)10-7-11-21(19)26)22(30)14-29(34(4,32)33)18-9-6-8-17(24)12-18/h6-12,15-16H,5,13-14H2,1-4H3,(H,27,31)/t15-,16+/m0/s1. The molecule has 1 N–H and O–H groups in total. The number of halogens is 3. The molecule has 0 spiro atoms. The molecule has 2 aromatic rings. The Balaban J connectivity index is 2.45. The van der Waals surface area contributed by atoms with Gasteiger partial charge in [-0.25, -0.2) is 8.42 Å². The van der Waals surface area contributed by atoms with Crippen LogP contribution in [0.5, 0.6) is 0 Å². The Labute approximate surface area is 216 Å². The molecule has 0 saturated carbocycles. The van der Waals surface area contributed by atoms with E-state index in [1.807, 2.05) is 13.8 Å². The first kappa shape index (κ1) is 28.2. The lowest BCUT2D eigenvalue weighted by Gasteiger charge is -2.32. The van der Waals surface area contributed by atoms with Gasteiger partial charge in [0.05, 0.1) is 11.9 Å². The molecule has 0 aromatic heterocycles. The van der Waals surface area contributed by atoms with Crippen molar-refractivity contribution >= 4 is 62.3 Å². The predicted molar refractivity (Wildman–Crippen MR) is 138 cm³/mol. The zero-order chi connectivity index (χ0) is 25.6. The van der Waals surface area contributed by atoms with Gasteiger partial charge in [0.1, 0.15) is 12.6 Å². The molecule has 2 atom stereocenters. The van der Waals surface area contributed by atoms with Gasteiger partial charge in [-0.1, -0.05) is 53.9 Å². The summed E-state index contributed by atoms with van der Waals surface area (Å²) in [5.41, 5.74) is 0.687. The number of carbonyl (C=O) groups excluding carboxylic acids is 2. The van der Waals surface area contributed by atoms with Crippen LogP contribution in [0.15, 0.2) is 42.5 Å². The van der Waals surface area contributed by atoms with Crippen molar-refractivity contribution in [3.63, 3.8) is 0 Å². The van der Waals surface area contributed by atoms with Gasteiger partial charge in [0.2, 0.25) is 21.8 Å². The van der Waals surface area contributed by atoms with E-state index in [0.717, 1.165) is 10.6 Å². The Bertz CT molecular complexity index is 1120. The largest absolute Gasteiger partial charge is 0.352 e. The third-order valence-electron chi connectivity index (χ3n) is 5.33. The van der Waals surface area contributed by atoms with Crippen LogP contribution in [0.1, 0.15) is 32.8 Å². The predicted octanol–water partition coefficient (Wildman–Crippen LogP) is 4.74. The highest BCUT2D eigenvalue weighted by Gasteiger charge is 2.31.